The van der Waals surface area contributed by atoms with Crippen molar-refractivity contribution < 1.29 is 62.0 Å². The first-order valence-corrected chi connectivity index (χ1v) is 0.775. The van der Waals surface area contributed by atoms with Crippen LogP contribution in [0.15, 0.2) is 0 Å². The van der Waals surface area contributed by atoms with E-state index < -0.39 is 7.32 Å². The van der Waals surface area contributed by atoms with Gasteiger partial charge in [0.05, 0.1) is 0 Å². The van der Waals surface area contributed by atoms with E-state index in [1.165, 1.54) is 0 Å². The maximum absolute atomic E-state index is 7.17. The minimum atomic E-state index is -2.17. The molecular weight excluding hydrogens is 259 g/mol. The normalized spacial score (nSPS) is 4.50. The topological polar surface area (TPSA) is 60.7 Å². The Morgan fingerprint density at radius 2 is 1.00 bits per heavy atom. The fourth-order valence-corrected chi connectivity index (χ4v) is 0. The van der Waals surface area contributed by atoms with Crippen molar-refractivity contribution in [2.24, 2.45) is 0 Å². The molecule has 3 N–H and O–H groups in total. The van der Waals surface area contributed by atoms with Gasteiger partial charge in [-0.25, -0.2) is 0 Å². The van der Waals surface area contributed by atoms with Gasteiger partial charge in [0.1, 0.15) is 0 Å². The molecule has 0 saturated carbocycles. The second kappa shape index (κ2) is 10.1. The van der Waals surface area contributed by atoms with E-state index in [-0.39, 0.29) is 64.3 Å². The Labute approximate surface area is 85.3 Å². The van der Waals surface area contributed by atoms with E-state index in [2.05, 4.69) is 0 Å². The Balaban J connectivity index is -0.0000000450. The Morgan fingerprint density at radius 3 is 1.00 bits per heavy atom. The van der Waals surface area contributed by atoms with Gasteiger partial charge in [0.25, 0.3) is 0 Å². The fraction of sp³-hybridized carbons (Fsp3) is 0. The van der Waals surface area contributed by atoms with Crippen LogP contribution in [0.5, 0.6) is 0 Å². The zero-order valence-corrected chi connectivity index (χ0v) is 3.90. The van der Waals surface area contributed by atoms with E-state index in [4.69, 9.17) is 15.1 Å². The largest absolute Gasteiger partial charge is 0.631 e. The molecule has 0 aromatic heterocycles. The Kier molecular flexibility index (Phi) is 26.3. The van der Waals surface area contributed by atoms with Gasteiger partial charge in [-0.3, -0.25) is 0 Å². The van der Waals surface area contributed by atoms with Gasteiger partial charge < -0.3 is 15.1 Å². The summed E-state index contributed by atoms with van der Waals surface area (Å²) in [5, 5.41) is 21.5. The summed E-state index contributed by atoms with van der Waals surface area (Å²) in [6.07, 6.45) is 0. The van der Waals surface area contributed by atoms with Gasteiger partial charge in [0.15, 0.2) is 17.4 Å². The molecule has 3 nitrogen and oxygen atoms in total. The van der Waals surface area contributed by atoms with E-state index in [9.17, 15) is 0 Å². The average molecular weight is 265 g/mol. The van der Waals surface area contributed by atoms with Crippen molar-refractivity contribution >= 4 is 24.7 Å². The van der Waals surface area contributed by atoms with Crippen LogP contribution < -0.4 is 0 Å². The summed E-state index contributed by atoms with van der Waals surface area (Å²) in [6, 6.07) is 0. The molecule has 0 heterocycles. The standard InChI is InChI=1S/Al.BH3O3.Yb.3H/c;2-1(3)4;;;;/h;2-4H;;;;. The molecule has 6 heteroatoms. The Morgan fingerprint density at radius 1 is 1.00 bits per heavy atom. The van der Waals surface area contributed by atoms with Crippen LogP contribution in [0.4, 0.5) is 0 Å². The number of hydrogen-bond acceptors (Lipinski definition) is 3. The summed E-state index contributed by atoms with van der Waals surface area (Å²) in [5.41, 5.74) is 0. The second-order valence-electron chi connectivity index (χ2n) is 0.346. The van der Waals surface area contributed by atoms with Crippen molar-refractivity contribution in [2.75, 3.05) is 0 Å². The molecule has 0 aliphatic heterocycles. The Hall–Kier alpha value is 2.00. The van der Waals surface area contributed by atoms with Gasteiger partial charge in [0.2, 0.25) is 0 Å². The minimum Gasteiger partial charge on any atom is -0.402 e. The smallest absolute Gasteiger partial charge is 0.402 e. The quantitative estimate of drug-likeness (QED) is 0.403. The molecule has 0 aliphatic rings. The van der Waals surface area contributed by atoms with Gasteiger partial charge in [-0.1, -0.05) is 0 Å². The molecule has 0 spiro atoms. The molecule has 0 bridgehead atoms. The van der Waals surface area contributed by atoms with E-state index >= 15 is 0 Å². The third kappa shape index (κ3) is 37.6. The van der Waals surface area contributed by atoms with E-state index in [0.717, 1.165) is 0 Å². The van der Waals surface area contributed by atoms with Crippen LogP contribution in [-0.2, 0) is 0 Å². The van der Waals surface area contributed by atoms with Crippen molar-refractivity contribution in [2.45, 2.75) is 0 Å². The van der Waals surface area contributed by atoms with Crippen LogP contribution in [0.3, 0.4) is 0 Å². The summed E-state index contributed by atoms with van der Waals surface area (Å²) < 4.78 is 0. The maximum atomic E-state index is 7.17. The van der Waals surface area contributed by atoms with Crippen molar-refractivity contribution in [1.82, 2.24) is 0 Å². The van der Waals surface area contributed by atoms with Crippen LogP contribution in [0, 0.1) is 46.9 Å². The van der Waals surface area contributed by atoms with Crippen LogP contribution in [0.1, 0.15) is 0 Å². The molecule has 44 valence electrons. The molecule has 0 aliphatic carbocycles. The maximum Gasteiger partial charge on any atom is 0.631 e. The average Bonchev–Trinajstić information content (AvgIpc) is 0.811. The minimum absolute atomic E-state index is 0. The molecule has 0 rings (SSSR count). The van der Waals surface area contributed by atoms with Crippen LogP contribution in [0.2, 0.25) is 0 Å². The number of hydrogen-bond donors (Lipinski definition) is 3. The molecule has 0 saturated heterocycles. The first-order valence-electron chi connectivity index (χ1n) is 0.775. The van der Waals surface area contributed by atoms with E-state index in [1.807, 2.05) is 0 Å². The van der Waals surface area contributed by atoms with Gasteiger partial charge >= 0.3 is 7.32 Å². The zero-order valence-electron chi connectivity index (χ0n) is 2.19. The first kappa shape index (κ1) is 15.7. The predicted octanol–water partition coefficient (Wildman–Crippen LogP) is -3.24. The summed E-state index contributed by atoms with van der Waals surface area (Å²) in [6.45, 7) is 0. The first-order chi connectivity index (χ1) is 1.73. The SMILES string of the molecule is OB(O)O.[AlH3].[Yb]. The fourth-order valence-electron chi connectivity index (χ4n) is 0. The third-order valence-electron chi connectivity index (χ3n) is 0. The molecule has 0 amide bonds. The second-order valence-corrected chi connectivity index (χ2v) is 0.346. The zero-order chi connectivity index (χ0) is 3.58. The van der Waals surface area contributed by atoms with Crippen molar-refractivity contribution in [3.05, 3.63) is 0 Å². The number of rotatable bonds is 0. The van der Waals surface area contributed by atoms with E-state index in [1.54, 1.807) is 0 Å². The van der Waals surface area contributed by atoms with Crippen molar-refractivity contribution in [3.63, 3.8) is 0 Å². The summed E-state index contributed by atoms with van der Waals surface area (Å²) in [5.74, 6) is 0. The molecule has 0 aromatic carbocycles. The summed E-state index contributed by atoms with van der Waals surface area (Å²) in [4.78, 5) is 0. The van der Waals surface area contributed by atoms with Crippen molar-refractivity contribution in [1.29, 1.82) is 0 Å². The van der Waals surface area contributed by atoms with Gasteiger partial charge in [-0.2, -0.15) is 0 Å². The van der Waals surface area contributed by atoms with Crippen LogP contribution in [0.25, 0.3) is 0 Å². The summed E-state index contributed by atoms with van der Waals surface area (Å²) >= 11 is 0. The van der Waals surface area contributed by atoms with E-state index in [0.29, 0.717) is 0 Å². The molecular formula is H6AlBO3Yb. The molecule has 0 atom stereocenters. The monoisotopic (exact) mass is 266 g/mol. The van der Waals surface area contributed by atoms with Gasteiger partial charge in [-0.05, 0) is 0 Å². The summed E-state index contributed by atoms with van der Waals surface area (Å²) in [7, 11) is -2.17. The predicted molar refractivity (Wildman–Crippen MR) is 22.3 cm³/mol. The Bertz CT molecular complexity index is 15.5. The van der Waals surface area contributed by atoms with Gasteiger partial charge in [0, 0.05) is 46.9 Å². The molecule has 0 radical (unpaired) electrons. The van der Waals surface area contributed by atoms with Crippen molar-refractivity contribution in [3.8, 4) is 0 Å². The molecule has 0 fully saturated rings. The third-order valence-corrected chi connectivity index (χ3v) is 0. The van der Waals surface area contributed by atoms with Gasteiger partial charge in [-0.15, -0.1) is 0 Å². The molecule has 6 heavy (non-hydrogen) atoms. The molecule has 0 unspecified atom stereocenters. The molecule has 0 aromatic rings. The van der Waals surface area contributed by atoms with Crippen LogP contribution >= 0.6 is 0 Å². The van der Waals surface area contributed by atoms with Crippen LogP contribution in [-0.4, -0.2) is 39.8 Å².